The van der Waals surface area contributed by atoms with Gasteiger partial charge in [-0.05, 0) is 35.1 Å². The highest BCUT2D eigenvalue weighted by atomic mass is 15.0. The summed E-state index contributed by atoms with van der Waals surface area (Å²) >= 11 is 0. The summed E-state index contributed by atoms with van der Waals surface area (Å²) in [5.41, 5.74) is 5.31. The molecule has 0 unspecified atom stereocenters. The smallest absolute Gasteiger partial charge is 0.136 e. The van der Waals surface area contributed by atoms with Gasteiger partial charge >= 0.3 is 0 Å². The second kappa shape index (κ2) is 8.70. The van der Waals surface area contributed by atoms with E-state index in [4.69, 9.17) is 0 Å². The number of benzene rings is 2. The van der Waals surface area contributed by atoms with Crippen LogP contribution in [-0.4, -0.2) is 15.0 Å². The second-order valence-electron chi connectivity index (χ2n) is 6.63. The van der Waals surface area contributed by atoms with E-state index in [2.05, 4.69) is 84.3 Å². The minimum atomic E-state index is 0.758. The summed E-state index contributed by atoms with van der Waals surface area (Å²) in [5.74, 6) is 2.65. The van der Waals surface area contributed by atoms with Crippen molar-refractivity contribution in [3.63, 3.8) is 0 Å². The Morgan fingerprint density at radius 2 is 0.846 bits per heavy atom. The third-order valence-corrected chi connectivity index (χ3v) is 4.63. The lowest BCUT2D eigenvalue weighted by Gasteiger charge is -2.07. The minimum Gasteiger partial charge on any atom is -0.218 e. The van der Waals surface area contributed by atoms with Crippen LogP contribution in [0.4, 0.5) is 0 Å². The van der Waals surface area contributed by atoms with E-state index in [0.717, 1.165) is 49.6 Å². The zero-order valence-electron chi connectivity index (χ0n) is 16.0. The average Bonchev–Trinajstić information content (AvgIpc) is 2.69. The van der Waals surface area contributed by atoms with Crippen LogP contribution in [0.1, 0.15) is 60.5 Å². The first-order chi connectivity index (χ1) is 12.7. The fourth-order valence-corrected chi connectivity index (χ4v) is 3.00. The summed E-state index contributed by atoms with van der Waals surface area (Å²) in [6.45, 7) is 6.36. The topological polar surface area (TPSA) is 38.7 Å². The number of hydrogen-bond donors (Lipinski definition) is 0. The monoisotopic (exact) mass is 345 g/mol. The quantitative estimate of drug-likeness (QED) is 0.621. The Labute approximate surface area is 156 Å². The SMILES string of the molecule is CCc1ccc(Cc2ccc(Cc3nc(CC)nc(CC)n3)cc2)cc1. The van der Waals surface area contributed by atoms with E-state index in [-0.39, 0.29) is 0 Å². The molecule has 3 heteroatoms. The van der Waals surface area contributed by atoms with E-state index in [1.807, 2.05) is 0 Å². The van der Waals surface area contributed by atoms with Crippen molar-refractivity contribution in [2.45, 2.75) is 52.9 Å². The van der Waals surface area contributed by atoms with Crippen LogP contribution in [0, 0.1) is 0 Å². The van der Waals surface area contributed by atoms with Crippen molar-refractivity contribution >= 4 is 0 Å². The lowest BCUT2D eigenvalue weighted by atomic mass is 10.0. The molecule has 0 radical (unpaired) electrons. The zero-order valence-corrected chi connectivity index (χ0v) is 16.0. The highest BCUT2D eigenvalue weighted by molar-refractivity contribution is 5.31. The van der Waals surface area contributed by atoms with Crippen molar-refractivity contribution in [3.05, 3.63) is 88.3 Å². The Morgan fingerprint density at radius 1 is 0.462 bits per heavy atom. The predicted octanol–water partition coefficient (Wildman–Crippen LogP) is 4.74. The Morgan fingerprint density at radius 3 is 1.27 bits per heavy atom. The summed E-state index contributed by atoms with van der Waals surface area (Å²) in [5, 5.41) is 0. The van der Waals surface area contributed by atoms with Gasteiger partial charge in [-0.1, -0.05) is 69.3 Å². The summed E-state index contributed by atoms with van der Waals surface area (Å²) in [6, 6.07) is 17.7. The molecule has 1 heterocycles. The number of nitrogens with zero attached hydrogens (tertiary/aromatic N) is 3. The van der Waals surface area contributed by atoms with Gasteiger partial charge in [0.05, 0.1) is 0 Å². The molecule has 0 saturated heterocycles. The largest absolute Gasteiger partial charge is 0.218 e. The molecule has 0 fully saturated rings. The van der Waals surface area contributed by atoms with Crippen molar-refractivity contribution in [2.24, 2.45) is 0 Å². The summed E-state index contributed by atoms with van der Waals surface area (Å²) in [6.07, 6.45) is 4.51. The number of hydrogen-bond acceptors (Lipinski definition) is 3. The maximum atomic E-state index is 4.58. The van der Waals surface area contributed by atoms with Gasteiger partial charge in [0.25, 0.3) is 0 Å². The number of aryl methyl sites for hydroxylation is 3. The van der Waals surface area contributed by atoms with Crippen LogP contribution in [0.25, 0.3) is 0 Å². The summed E-state index contributed by atoms with van der Waals surface area (Å²) in [4.78, 5) is 13.6. The molecule has 134 valence electrons. The molecule has 0 N–H and O–H groups in total. The summed E-state index contributed by atoms with van der Waals surface area (Å²) < 4.78 is 0. The van der Waals surface area contributed by atoms with Crippen LogP contribution in [0.15, 0.2) is 48.5 Å². The molecular formula is C23H27N3. The molecule has 3 aromatic rings. The molecule has 0 aliphatic carbocycles. The normalized spacial score (nSPS) is 10.9. The molecule has 0 aliphatic heterocycles. The van der Waals surface area contributed by atoms with Crippen molar-refractivity contribution in [3.8, 4) is 0 Å². The lowest BCUT2D eigenvalue weighted by molar-refractivity contribution is 0.779. The highest BCUT2D eigenvalue weighted by Crippen LogP contribution is 2.14. The first-order valence-electron chi connectivity index (χ1n) is 9.58. The van der Waals surface area contributed by atoms with E-state index in [1.54, 1.807) is 0 Å². The van der Waals surface area contributed by atoms with Crippen LogP contribution >= 0.6 is 0 Å². The van der Waals surface area contributed by atoms with Gasteiger partial charge in [-0.2, -0.15) is 0 Å². The maximum Gasteiger partial charge on any atom is 0.136 e. The molecule has 0 amide bonds. The van der Waals surface area contributed by atoms with Crippen LogP contribution in [0.5, 0.6) is 0 Å². The van der Waals surface area contributed by atoms with Crippen LogP contribution in [0.2, 0.25) is 0 Å². The Bertz CT molecular complexity index is 814. The van der Waals surface area contributed by atoms with Gasteiger partial charge in [0.2, 0.25) is 0 Å². The van der Waals surface area contributed by atoms with Crippen molar-refractivity contribution in [1.29, 1.82) is 0 Å². The first-order valence-corrected chi connectivity index (χ1v) is 9.58. The molecule has 3 rings (SSSR count). The van der Waals surface area contributed by atoms with E-state index in [1.165, 1.54) is 22.3 Å². The van der Waals surface area contributed by atoms with Gasteiger partial charge in [0, 0.05) is 19.3 Å². The van der Waals surface area contributed by atoms with Crippen molar-refractivity contribution in [2.75, 3.05) is 0 Å². The third-order valence-electron chi connectivity index (χ3n) is 4.63. The Hall–Kier alpha value is -2.55. The van der Waals surface area contributed by atoms with Gasteiger partial charge in [-0.15, -0.1) is 0 Å². The fraction of sp³-hybridized carbons (Fsp3) is 0.348. The first kappa shape index (κ1) is 18.2. The highest BCUT2D eigenvalue weighted by Gasteiger charge is 2.06. The molecule has 0 aliphatic rings. The predicted molar refractivity (Wildman–Crippen MR) is 106 cm³/mol. The fourth-order valence-electron chi connectivity index (χ4n) is 3.00. The van der Waals surface area contributed by atoms with Gasteiger partial charge < -0.3 is 0 Å². The molecule has 2 aromatic carbocycles. The molecule has 3 nitrogen and oxygen atoms in total. The van der Waals surface area contributed by atoms with E-state index < -0.39 is 0 Å². The molecule has 0 bridgehead atoms. The summed E-state index contributed by atoms with van der Waals surface area (Å²) in [7, 11) is 0. The molecule has 26 heavy (non-hydrogen) atoms. The second-order valence-corrected chi connectivity index (χ2v) is 6.63. The maximum absolute atomic E-state index is 4.58. The number of aromatic nitrogens is 3. The molecule has 1 aromatic heterocycles. The van der Waals surface area contributed by atoms with E-state index in [9.17, 15) is 0 Å². The minimum absolute atomic E-state index is 0.758. The van der Waals surface area contributed by atoms with Gasteiger partial charge in [-0.3, -0.25) is 0 Å². The van der Waals surface area contributed by atoms with Crippen molar-refractivity contribution < 1.29 is 0 Å². The molecule has 0 atom stereocenters. The van der Waals surface area contributed by atoms with Crippen LogP contribution in [-0.2, 0) is 32.1 Å². The average molecular weight is 345 g/mol. The Balaban J connectivity index is 1.69. The zero-order chi connectivity index (χ0) is 18.4. The number of rotatable bonds is 7. The van der Waals surface area contributed by atoms with Gasteiger partial charge in [-0.25, -0.2) is 15.0 Å². The standard InChI is InChI=1S/C23H27N3/c1-4-17-7-9-18(10-8-17)15-19-11-13-20(14-12-19)16-23-25-21(5-2)24-22(6-3)26-23/h7-14H,4-6,15-16H2,1-3H3. The van der Waals surface area contributed by atoms with Crippen molar-refractivity contribution in [1.82, 2.24) is 15.0 Å². The lowest BCUT2D eigenvalue weighted by Crippen LogP contribution is -2.07. The molecule has 0 spiro atoms. The molecular weight excluding hydrogens is 318 g/mol. The van der Waals surface area contributed by atoms with Crippen LogP contribution < -0.4 is 0 Å². The van der Waals surface area contributed by atoms with Crippen LogP contribution in [0.3, 0.4) is 0 Å². The Kier molecular flexibility index (Phi) is 6.11. The molecule has 0 saturated carbocycles. The van der Waals surface area contributed by atoms with Gasteiger partial charge in [0.1, 0.15) is 17.5 Å². The van der Waals surface area contributed by atoms with E-state index in [0.29, 0.717) is 0 Å². The van der Waals surface area contributed by atoms with E-state index >= 15 is 0 Å². The third kappa shape index (κ3) is 4.75. The van der Waals surface area contributed by atoms with Gasteiger partial charge in [0.15, 0.2) is 0 Å².